The van der Waals surface area contributed by atoms with Crippen molar-refractivity contribution in [1.82, 2.24) is 0 Å². The van der Waals surface area contributed by atoms with Crippen molar-refractivity contribution >= 4 is 14.3 Å². The van der Waals surface area contributed by atoms with Crippen LogP contribution in [0.4, 0.5) is 0 Å². The van der Waals surface area contributed by atoms with Gasteiger partial charge in [-0.2, -0.15) is 0 Å². The van der Waals surface area contributed by atoms with Gasteiger partial charge in [0, 0.05) is 11.1 Å². The smallest absolute Gasteiger partial charge is 0.377 e. The van der Waals surface area contributed by atoms with Crippen LogP contribution >= 0.6 is 0 Å². The van der Waals surface area contributed by atoms with E-state index in [0.29, 0.717) is 5.75 Å². The molecule has 5 heteroatoms. The number of carbonyl (C=O) groups excluding carboxylic acids is 1. The van der Waals surface area contributed by atoms with Crippen molar-refractivity contribution < 1.29 is 18.7 Å². The Labute approximate surface area is 166 Å². The molecular formula is C22H36O4Si. The van der Waals surface area contributed by atoms with E-state index in [1.165, 1.54) is 0 Å². The van der Waals surface area contributed by atoms with E-state index >= 15 is 0 Å². The number of ether oxygens (including phenoxy) is 2. The lowest BCUT2D eigenvalue weighted by molar-refractivity contribution is -0.132. The molecule has 0 aliphatic carbocycles. The standard InChI is InChI=1S/C22H36O4Si/c1-12-18(26-27(9,10)11)20(23)25-19-16(21(2,3)4)13-15(24-8)14-17(19)22(5,6)7/h12-14H,1-11H3/b18-12+. The highest BCUT2D eigenvalue weighted by Gasteiger charge is 2.31. The predicted octanol–water partition coefficient (Wildman–Crippen LogP) is 5.95. The molecule has 0 atom stereocenters. The van der Waals surface area contributed by atoms with E-state index in [4.69, 9.17) is 13.9 Å². The van der Waals surface area contributed by atoms with Crippen LogP contribution in [0, 0.1) is 0 Å². The normalized spacial score (nSPS) is 13.4. The quantitative estimate of drug-likeness (QED) is 0.204. The summed E-state index contributed by atoms with van der Waals surface area (Å²) in [7, 11) is -0.273. The number of hydrogen-bond acceptors (Lipinski definition) is 4. The van der Waals surface area contributed by atoms with Crippen LogP contribution in [0.1, 0.15) is 59.6 Å². The third-order valence-electron chi connectivity index (χ3n) is 3.99. The molecule has 0 aliphatic rings. The molecule has 0 radical (unpaired) electrons. The van der Waals surface area contributed by atoms with Crippen LogP contribution in [0.15, 0.2) is 24.0 Å². The van der Waals surface area contributed by atoms with Crippen molar-refractivity contribution in [3.05, 3.63) is 35.1 Å². The Hall–Kier alpha value is -1.75. The van der Waals surface area contributed by atoms with Crippen LogP contribution in [0.25, 0.3) is 0 Å². The minimum Gasteiger partial charge on any atom is -0.540 e. The van der Waals surface area contributed by atoms with Gasteiger partial charge in [-0.1, -0.05) is 41.5 Å². The lowest BCUT2D eigenvalue weighted by atomic mass is 9.79. The first kappa shape index (κ1) is 23.3. The Bertz CT molecular complexity index is 678. The lowest BCUT2D eigenvalue weighted by Gasteiger charge is -2.30. The average molecular weight is 393 g/mol. The van der Waals surface area contributed by atoms with Crippen molar-refractivity contribution in [3.8, 4) is 11.5 Å². The van der Waals surface area contributed by atoms with Gasteiger partial charge in [-0.05, 0) is 55.6 Å². The maximum absolute atomic E-state index is 12.9. The Balaban J connectivity index is 3.54. The summed E-state index contributed by atoms with van der Waals surface area (Å²) in [6.45, 7) is 20.5. The average Bonchev–Trinajstić information content (AvgIpc) is 2.49. The maximum Gasteiger partial charge on any atom is 0.377 e. The van der Waals surface area contributed by atoms with Gasteiger partial charge >= 0.3 is 5.97 Å². The molecular weight excluding hydrogens is 356 g/mol. The van der Waals surface area contributed by atoms with Crippen molar-refractivity contribution in [2.45, 2.75) is 78.9 Å². The van der Waals surface area contributed by atoms with Gasteiger partial charge in [0.2, 0.25) is 8.32 Å². The third kappa shape index (κ3) is 6.42. The molecule has 0 N–H and O–H groups in total. The minimum atomic E-state index is -1.93. The first-order valence-corrected chi connectivity index (χ1v) is 12.8. The Morgan fingerprint density at radius 2 is 1.41 bits per heavy atom. The van der Waals surface area contributed by atoms with Gasteiger partial charge < -0.3 is 13.9 Å². The third-order valence-corrected chi connectivity index (χ3v) is 4.82. The molecule has 0 unspecified atom stereocenters. The second-order valence-electron chi connectivity index (χ2n) is 9.81. The van der Waals surface area contributed by atoms with Crippen molar-refractivity contribution in [2.24, 2.45) is 0 Å². The number of hydrogen-bond donors (Lipinski definition) is 0. The van der Waals surface area contributed by atoms with E-state index in [1.807, 2.05) is 31.8 Å². The van der Waals surface area contributed by atoms with Crippen molar-refractivity contribution in [3.63, 3.8) is 0 Å². The van der Waals surface area contributed by atoms with E-state index < -0.39 is 14.3 Å². The summed E-state index contributed by atoms with van der Waals surface area (Å²) in [5.74, 6) is 1.17. The molecule has 0 bridgehead atoms. The Morgan fingerprint density at radius 1 is 0.963 bits per heavy atom. The molecule has 0 aliphatic heterocycles. The summed E-state index contributed by atoms with van der Waals surface area (Å²) in [4.78, 5) is 12.9. The van der Waals surface area contributed by atoms with Gasteiger partial charge in [-0.25, -0.2) is 4.79 Å². The molecule has 1 aromatic carbocycles. The minimum absolute atomic E-state index is 0.222. The van der Waals surface area contributed by atoms with E-state index in [-0.39, 0.29) is 16.6 Å². The van der Waals surface area contributed by atoms with Gasteiger partial charge in [0.25, 0.3) is 0 Å². The van der Waals surface area contributed by atoms with E-state index in [9.17, 15) is 4.79 Å². The molecule has 27 heavy (non-hydrogen) atoms. The van der Waals surface area contributed by atoms with Crippen LogP contribution in [-0.2, 0) is 20.1 Å². The van der Waals surface area contributed by atoms with Crippen LogP contribution in [0.2, 0.25) is 19.6 Å². The lowest BCUT2D eigenvalue weighted by Crippen LogP contribution is -2.30. The highest BCUT2D eigenvalue weighted by Crippen LogP contribution is 2.42. The van der Waals surface area contributed by atoms with Crippen molar-refractivity contribution in [2.75, 3.05) is 7.11 Å². The topological polar surface area (TPSA) is 44.8 Å². The van der Waals surface area contributed by atoms with Gasteiger partial charge in [0.05, 0.1) is 7.11 Å². The van der Waals surface area contributed by atoms with Gasteiger partial charge in [-0.3, -0.25) is 0 Å². The zero-order valence-corrected chi connectivity index (χ0v) is 19.9. The zero-order chi connectivity index (χ0) is 21.2. The van der Waals surface area contributed by atoms with E-state index in [0.717, 1.165) is 16.9 Å². The monoisotopic (exact) mass is 392 g/mol. The summed E-state index contributed by atoms with van der Waals surface area (Å²) < 4.78 is 17.4. The molecule has 0 fully saturated rings. The predicted molar refractivity (Wildman–Crippen MR) is 114 cm³/mol. The highest BCUT2D eigenvalue weighted by molar-refractivity contribution is 6.70. The Morgan fingerprint density at radius 3 is 1.70 bits per heavy atom. The first-order chi connectivity index (χ1) is 12.1. The summed E-state index contributed by atoms with van der Waals surface area (Å²) in [6.07, 6.45) is 1.68. The summed E-state index contributed by atoms with van der Waals surface area (Å²) in [5.41, 5.74) is 1.42. The molecule has 0 spiro atoms. The second kappa shape index (κ2) is 8.09. The fraction of sp³-hybridized carbons (Fsp3) is 0.591. The van der Waals surface area contributed by atoms with Gasteiger partial charge in [0.15, 0.2) is 5.76 Å². The van der Waals surface area contributed by atoms with E-state index in [2.05, 4.69) is 41.5 Å². The molecule has 1 aromatic rings. The molecule has 0 aromatic heterocycles. The van der Waals surface area contributed by atoms with Crippen LogP contribution in [-0.4, -0.2) is 21.4 Å². The molecule has 0 amide bonds. The summed E-state index contributed by atoms with van der Waals surface area (Å²) >= 11 is 0. The van der Waals surface area contributed by atoms with Crippen LogP contribution in [0.3, 0.4) is 0 Å². The number of benzene rings is 1. The Kier molecular flexibility index (Phi) is 6.98. The molecule has 0 saturated carbocycles. The SMILES string of the molecule is C/C=C(/O[Si](C)(C)C)C(=O)Oc1c(C(C)(C)C)cc(OC)cc1C(C)(C)C. The second-order valence-corrected chi connectivity index (χ2v) is 14.2. The van der Waals surface area contributed by atoms with Gasteiger partial charge in [0.1, 0.15) is 11.5 Å². The fourth-order valence-electron chi connectivity index (χ4n) is 2.64. The molecule has 4 nitrogen and oxygen atoms in total. The number of methoxy groups -OCH3 is 1. The van der Waals surface area contributed by atoms with Gasteiger partial charge in [-0.15, -0.1) is 0 Å². The van der Waals surface area contributed by atoms with Crippen LogP contribution in [0.5, 0.6) is 11.5 Å². The molecule has 0 saturated heterocycles. The van der Waals surface area contributed by atoms with Crippen LogP contribution < -0.4 is 9.47 Å². The number of esters is 1. The number of allylic oxidation sites excluding steroid dienone is 1. The van der Waals surface area contributed by atoms with E-state index in [1.54, 1.807) is 20.1 Å². The molecule has 1 rings (SSSR count). The molecule has 0 heterocycles. The zero-order valence-electron chi connectivity index (χ0n) is 18.9. The first-order valence-electron chi connectivity index (χ1n) is 9.40. The number of carbonyl (C=O) groups is 1. The summed E-state index contributed by atoms with van der Waals surface area (Å²) in [5, 5.41) is 0. The number of rotatable bonds is 5. The fourth-order valence-corrected chi connectivity index (χ4v) is 3.50. The molecule has 152 valence electrons. The van der Waals surface area contributed by atoms with Crippen molar-refractivity contribution in [1.29, 1.82) is 0 Å². The largest absolute Gasteiger partial charge is 0.540 e. The maximum atomic E-state index is 12.9. The highest BCUT2D eigenvalue weighted by atomic mass is 28.4. The summed E-state index contributed by atoms with van der Waals surface area (Å²) in [6, 6.07) is 3.90.